The fourth-order valence-electron chi connectivity index (χ4n) is 1.54. The predicted molar refractivity (Wildman–Crippen MR) is 51.4 cm³/mol. The number of imide groups is 1. The Balaban J connectivity index is 2.54. The molecular weight excluding hydrogens is 182 g/mol. The summed E-state index contributed by atoms with van der Waals surface area (Å²) in [7, 11) is 0. The summed E-state index contributed by atoms with van der Waals surface area (Å²) >= 11 is 0. The molecule has 0 bridgehead atoms. The highest BCUT2D eigenvalue weighted by Crippen LogP contribution is 2.18. The molecular formula is C10H17NO3. The molecule has 0 saturated carbocycles. The summed E-state index contributed by atoms with van der Waals surface area (Å²) in [5.74, 6) is -0.252. The predicted octanol–water partition coefficient (Wildman–Crippen LogP) is 0.542. The van der Waals surface area contributed by atoms with Crippen molar-refractivity contribution in [3.63, 3.8) is 0 Å². The lowest BCUT2D eigenvalue weighted by molar-refractivity contribution is -0.151. The first-order valence-corrected chi connectivity index (χ1v) is 5.04. The van der Waals surface area contributed by atoms with E-state index >= 15 is 0 Å². The summed E-state index contributed by atoms with van der Waals surface area (Å²) in [6.07, 6.45) is 1.10. The van der Waals surface area contributed by atoms with Crippen molar-refractivity contribution in [2.75, 3.05) is 6.54 Å². The van der Waals surface area contributed by atoms with Gasteiger partial charge in [-0.3, -0.25) is 14.5 Å². The maximum Gasteiger partial charge on any atom is 0.232 e. The van der Waals surface area contributed by atoms with Gasteiger partial charge >= 0.3 is 0 Å². The van der Waals surface area contributed by atoms with Crippen LogP contribution < -0.4 is 0 Å². The van der Waals surface area contributed by atoms with Crippen molar-refractivity contribution in [1.82, 2.24) is 4.90 Å². The molecule has 80 valence electrons. The normalized spacial score (nSPS) is 25.4. The minimum Gasteiger partial charge on any atom is -0.393 e. The highest BCUT2D eigenvalue weighted by Gasteiger charge is 2.30. The van der Waals surface area contributed by atoms with E-state index in [1.165, 1.54) is 4.90 Å². The number of hydrogen-bond acceptors (Lipinski definition) is 3. The van der Waals surface area contributed by atoms with Crippen LogP contribution in [0.3, 0.4) is 0 Å². The van der Waals surface area contributed by atoms with E-state index in [-0.39, 0.29) is 17.7 Å². The Hall–Kier alpha value is -0.900. The van der Waals surface area contributed by atoms with Gasteiger partial charge in [-0.25, -0.2) is 0 Å². The topological polar surface area (TPSA) is 57.6 Å². The molecule has 1 fully saturated rings. The Morgan fingerprint density at radius 2 is 2.21 bits per heavy atom. The van der Waals surface area contributed by atoms with Crippen molar-refractivity contribution in [2.24, 2.45) is 5.92 Å². The molecule has 1 heterocycles. The summed E-state index contributed by atoms with van der Waals surface area (Å²) in [5.41, 5.74) is 0. The molecule has 2 atom stereocenters. The van der Waals surface area contributed by atoms with Gasteiger partial charge in [0.15, 0.2) is 0 Å². The van der Waals surface area contributed by atoms with Gasteiger partial charge < -0.3 is 5.11 Å². The molecule has 0 aromatic carbocycles. The summed E-state index contributed by atoms with van der Waals surface area (Å²) in [5, 5.41) is 9.07. The monoisotopic (exact) mass is 199 g/mol. The molecule has 14 heavy (non-hydrogen) atoms. The Bertz CT molecular complexity index is 238. The van der Waals surface area contributed by atoms with E-state index in [4.69, 9.17) is 5.11 Å². The van der Waals surface area contributed by atoms with Crippen LogP contribution >= 0.6 is 0 Å². The highest BCUT2D eigenvalue weighted by molar-refractivity contribution is 5.98. The van der Waals surface area contributed by atoms with Crippen LogP contribution in [0.15, 0.2) is 0 Å². The first-order chi connectivity index (χ1) is 6.52. The van der Waals surface area contributed by atoms with E-state index in [0.717, 1.165) is 0 Å². The molecule has 1 N–H and O–H groups in total. The summed E-state index contributed by atoms with van der Waals surface area (Å²) < 4.78 is 0. The third-order valence-electron chi connectivity index (χ3n) is 2.55. The van der Waals surface area contributed by atoms with E-state index < -0.39 is 6.10 Å². The molecule has 1 rings (SSSR count). The Labute approximate surface area is 83.9 Å². The van der Waals surface area contributed by atoms with Crippen LogP contribution in [0.1, 0.15) is 33.1 Å². The third kappa shape index (κ3) is 2.54. The summed E-state index contributed by atoms with van der Waals surface area (Å²) in [6.45, 7) is 3.84. The van der Waals surface area contributed by atoms with Crippen LogP contribution in [0.2, 0.25) is 0 Å². The van der Waals surface area contributed by atoms with Crippen LogP contribution in [0.25, 0.3) is 0 Å². The van der Waals surface area contributed by atoms with Crippen molar-refractivity contribution in [3.8, 4) is 0 Å². The smallest absolute Gasteiger partial charge is 0.232 e. The number of carbonyl (C=O) groups is 2. The van der Waals surface area contributed by atoms with Gasteiger partial charge in [-0.15, -0.1) is 0 Å². The van der Waals surface area contributed by atoms with Gasteiger partial charge in [0.2, 0.25) is 11.8 Å². The number of likely N-dealkylation sites (tertiary alicyclic amines) is 1. The Morgan fingerprint density at radius 1 is 1.57 bits per heavy atom. The number of piperidine rings is 1. The standard InChI is InChI=1S/C10H17NO3/c1-7-3-4-9(13)11(10(7)14)6-5-8(2)12/h7-8,12H,3-6H2,1-2H3. The van der Waals surface area contributed by atoms with Crippen LogP contribution in [0, 0.1) is 5.92 Å². The van der Waals surface area contributed by atoms with Crippen molar-refractivity contribution in [3.05, 3.63) is 0 Å². The van der Waals surface area contributed by atoms with Gasteiger partial charge in [0.1, 0.15) is 0 Å². The SMILES string of the molecule is CC(O)CCN1C(=O)CCC(C)C1=O. The largest absolute Gasteiger partial charge is 0.393 e. The number of aliphatic hydroxyl groups is 1. The average Bonchev–Trinajstić information content (AvgIpc) is 2.11. The number of nitrogens with zero attached hydrogens (tertiary/aromatic N) is 1. The van der Waals surface area contributed by atoms with Gasteiger partial charge in [0, 0.05) is 18.9 Å². The van der Waals surface area contributed by atoms with Crippen LogP contribution in [-0.4, -0.2) is 34.5 Å². The number of amides is 2. The zero-order valence-electron chi connectivity index (χ0n) is 8.69. The van der Waals surface area contributed by atoms with E-state index in [0.29, 0.717) is 25.8 Å². The minimum atomic E-state index is -0.465. The number of rotatable bonds is 3. The number of carbonyl (C=O) groups excluding carboxylic acids is 2. The van der Waals surface area contributed by atoms with E-state index in [1.54, 1.807) is 6.92 Å². The molecule has 0 aliphatic carbocycles. The van der Waals surface area contributed by atoms with E-state index in [9.17, 15) is 9.59 Å². The highest BCUT2D eigenvalue weighted by atomic mass is 16.3. The van der Waals surface area contributed by atoms with Crippen LogP contribution in [0.5, 0.6) is 0 Å². The molecule has 1 saturated heterocycles. The van der Waals surface area contributed by atoms with Gasteiger partial charge in [0.05, 0.1) is 6.10 Å². The molecule has 4 heteroatoms. The van der Waals surface area contributed by atoms with E-state index in [1.807, 2.05) is 6.92 Å². The van der Waals surface area contributed by atoms with Gasteiger partial charge in [-0.2, -0.15) is 0 Å². The average molecular weight is 199 g/mol. The fraction of sp³-hybridized carbons (Fsp3) is 0.800. The molecule has 2 amide bonds. The lowest BCUT2D eigenvalue weighted by Gasteiger charge is -2.29. The van der Waals surface area contributed by atoms with Crippen molar-refractivity contribution >= 4 is 11.8 Å². The third-order valence-corrected chi connectivity index (χ3v) is 2.55. The van der Waals surface area contributed by atoms with Crippen LogP contribution in [-0.2, 0) is 9.59 Å². The minimum absolute atomic E-state index is 0.0540. The first kappa shape index (κ1) is 11.2. The molecule has 2 unspecified atom stereocenters. The number of hydrogen-bond donors (Lipinski definition) is 1. The molecule has 0 aromatic heterocycles. The zero-order valence-corrected chi connectivity index (χ0v) is 8.69. The summed E-state index contributed by atoms with van der Waals surface area (Å²) in [6, 6.07) is 0. The first-order valence-electron chi connectivity index (χ1n) is 5.04. The van der Waals surface area contributed by atoms with Crippen molar-refractivity contribution in [2.45, 2.75) is 39.2 Å². The lowest BCUT2D eigenvalue weighted by Crippen LogP contribution is -2.45. The van der Waals surface area contributed by atoms with Gasteiger partial charge in [-0.1, -0.05) is 6.92 Å². The van der Waals surface area contributed by atoms with Gasteiger partial charge in [0.25, 0.3) is 0 Å². The molecule has 0 spiro atoms. The molecule has 1 aliphatic rings. The fourth-order valence-corrected chi connectivity index (χ4v) is 1.54. The van der Waals surface area contributed by atoms with Crippen molar-refractivity contribution in [1.29, 1.82) is 0 Å². The molecule has 0 radical (unpaired) electrons. The Morgan fingerprint density at radius 3 is 2.79 bits per heavy atom. The Kier molecular flexibility index (Phi) is 3.63. The second-order valence-electron chi connectivity index (χ2n) is 3.96. The van der Waals surface area contributed by atoms with Crippen LogP contribution in [0.4, 0.5) is 0 Å². The van der Waals surface area contributed by atoms with Gasteiger partial charge in [-0.05, 0) is 19.8 Å². The maximum atomic E-state index is 11.6. The number of aliphatic hydroxyl groups excluding tert-OH is 1. The van der Waals surface area contributed by atoms with E-state index in [2.05, 4.69) is 0 Å². The zero-order chi connectivity index (χ0) is 10.7. The lowest BCUT2D eigenvalue weighted by atomic mass is 9.98. The van der Waals surface area contributed by atoms with Crippen molar-refractivity contribution < 1.29 is 14.7 Å². The molecule has 1 aliphatic heterocycles. The summed E-state index contributed by atoms with van der Waals surface area (Å²) in [4.78, 5) is 24.2. The molecule has 4 nitrogen and oxygen atoms in total. The second kappa shape index (κ2) is 4.55. The second-order valence-corrected chi connectivity index (χ2v) is 3.96. The maximum absolute atomic E-state index is 11.6. The quantitative estimate of drug-likeness (QED) is 0.675. The molecule has 0 aromatic rings.